The van der Waals surface area contributed by atoms with Gasteiger partial charge in [-0.15, -0.1) is 6.42 Å². The third kappa shape index (κ3) is 4.29. The van der Waals surface area contributed by atoms with E-state index in [-0.39, 0.29) is 19.0 Å². The summed E-state index contributed by atoms with van der Waals surface area (Å²) in [4.78, 5) is 14.8. The summed E-state index contributed by atoms with van der Waals surface area (Å²) in [6.45, 7) is 3.22. The van der Waals surface area contributed by atoms with Crippen molar-refractivity contribution in [1.29, 1.82) is 0 Å². The number of rotatable bonds is 4. The summed E-state index contributed by atoms with van der Waals surface area (Å²) in [6.07, 6.45) is 7.01. The monoisotopic (exact) mass is 253 g/mol. The predicted molar refractivity (Wildman–Crippen MR) is 64.6 cm³/mol. The van der Waals surface area contributed by atoms with Crippen molar-refractivity contribution in [3.05, 3.63) is 17.7 Å². The van der Waals surface area contributed by atoms with Gasteiger partial charge in [0.2, 0.25) is 0 Å². The van der Waals surface area contributed by atoms with Crippen LogP contribution in [0.1, 0.15) is 24.9 Å². The highest BCUT2D eigenvalue weighted by Gasteiger charge is 2.05. The molecule has 0 spiro atoms. The van der Waals surface area contributed by atoms with Gasteiger partial charge in [0.1, 0.15) is 17.6 Å². The molecule has 0 aliphatic carbocycles. The van der Waals surface area contributed by atoms with Crippen molar-refractivity contribution in [3.63, 3.8) is 0 Å². The fraction of sp³-hybridized carbons (Fsp3) is 0.364. The highest BCUT2D eigenvalue weighted by molar-refractivity contribution is 6.65. The number of imidazole rings is 1. The maximum Gasteiger partial charge on any atom is 0.303 e. The Morgan fingerprint density at radius 3 is 3.06 bits per heavy atom. The number of terminal acetylenes is 1. The van der Waals surface area contributed by atoms with Crippen LogP contribution in [0.4, 0.5) is 0 Å². The van der Waals surface area contributed by atoms with E-state index in [9.17, 15) is 4.79 Å². The molecule has 0 aliphatic heterocycles. The molecule has 0 atom stereocenters. The van der Waals surface area contributed by atoms with Crippen molar-refractivity contribution in [2.24, 2.45) is 5.10 Å². The van der Waals surface area contributed by atoms with Gasteiger partial charge in [-0.1, -0.05) is 17.5 Å². The Morgan fingerprint density at radius 1 is 1.76 bits per heavy atom. The zero-order valence-electron chi connectivity index (χ0n) is 9.61. The molecule has 0 aliphatic rings. The molecule has 0 saturated heterocycles. The van der Waals surface area contributed by atoms with Crippen molar-refractivity contribution in [3.8, 4) is 12.3 Å². The number of carbonyl (C=O) groups excluding carboxylic acids is 1. The lowest BCUT2D eigenvalue weighted by Gasteiger charge is -1.96. The molecule has 6 heteroatoms. The molecule has 0 unspecified atom stereocenters. The molecule has 0 aromatic carbocycles. The lowest BCUT2D eigenvalue weighted by Crippen LogP contribution is -1.98. The molecule has 0 N–H and O–H groups in total. The standard InChI is InChI=1S/C11H12ClN3O2/c1-4-5-11(12)14-15-6-10(13-8(15)2)7-17-9(3)16/h1,6H,5,7H2,2-3H3/b14-11+. The van der Waals surface area contributed by atoms with Crippen LogP contribution in [0, 0.1) is 19.3 Å². The Kier molecular flexibility index (Phi) is 4.73. The first-order chi connectivity index (χ1) is 8.02. The van der Waals surface area contributed by atoms with Crippen LogP contribution in [0.2, 0.25) is 0 Å². The van der Waals surface area contributed by atoms with Crippen LogP contribution in [-0.4, -0.2) is 20.8 Å². The number of hydrogen-bond acceptors (Lipinski definition) is 4. The van der Waals surface area contributed by atoms with E-state index in [1.54, 1.807) is 13.1 Å². The Bertz CT molecular complexity index is 485. The predicted octanol–water partition coefficient (Wildman–Crippen LogP) is 1.68. The molecule has 0 amide bonds. The van der Waals surface area contributed by atoms with Crippen molar-refractivity contribution >= 4 is 22.7 Å². The summed E-state index contributed by atoms with van der Waals surface area (Å²) in [5.74, 6) is 2.67. The maximum atomic E-state index is 10.6. The fourth-order valence-corrected chi connectivity index (χ4v) is 1.26. The van der Waals surface area contributed by atoms with Crippen LogP contribution in [0.5, 0.6) is 0 Å². The Labute approximate surface area is 104 Å². The fourth-order valence-electron chi connectivity index (χ4n) is 1.11. The first-order valence-corrected chi connectivity index (χ1v) is 5.25. The number of ether oxygens (including phenoxy) is 1. The van der Waals surface area contributed by atoms with E-state index in [0.29, 0.717) is 16.7 Å². The summed E-state index contributed by atoms with van der Waals surface area (Å²) in [6, 6.07) is 0. The first kappa shape index (κ1) is 13.3. The average molecular weight is 254 g/mol. The van der Waals surface area contributed by atoms with Crippen molar-refractivity contribution in [1.82, 2.24) is 9.66 Å². The molecule has 0 bridgehead atoms. The molecule has 1 rings (SSSR count). The molecule has 5 nitrogen and oxygen atoms in total. The molecular formula is C11H12ClN3O2. The quantitative estimate of drug-likeness (QED) is 0.466. The van der Waals surface area contributed by atoms with Gasteiger partial charge in [0.05, 0.1) is 18.3 Å². The second-order valence-corrected chi connectivity index (χ2v) is 3.70. The van der Waals surface area contributed by atoms with E-state index in [4.69, 9.17) is 22.8 Å². The summed E-state index contributed by atoms with van der Waals surface area (Å²) < 4.78 is 6.32. The molecule has 1 aromatic rings. The summed E-state index contributed by atoms with van der Waals surface area (Å²) in [5, 5.41) is 4.35. The lowest BCUT2D eigenvalue weighted by atomic mass is 10.5. The van der Waals surface area contributed by atoms with Crippen LogP contribution in [0.25, 0.3) is 0 Å². The zero-order chi connectivity index (χ0) is 12.8. The van der Waals surface area contributed by atoms with Gasteiger partial charge in [0.25, 0.3) is 0 Å². The molecular weight excluding hydrogens is 242 g/mol. The van der Waals surface area contributed by atoms with Crippen LogP contribution >= 0.6 is 11.6 Å². The minimum absolute atomic E-state index is 0.117. The smallest absolute Gasteiger partial charge is 0.303 e. The highest BCUT2D eigenvalue weighted by Crippen LogP contribution is 2.05. The Morgan fingerprint density at radius 2 is 2.47 bits per heavy atom. The normalized spacial score (nSPS) is 11.1. The van der Waals surface area contributed by atoms with E-state index in [1.807, 2.05) is 0 Å². The van der Waals surface area contributed by atoms with E-state index >= 15 is 0 Å². The minimum atomic E-state index is -0.355. The second-order valence-electron chi connectivity index (χ2n) is 3.26. The van der Waals surface area contributed by atoms with Gasteiger partial charge in [-0.25, -0.2) is 9.66 Å². The molecule has 17 heavy (non-hydrogen) atoms. The van der Waals surface area contributed by atoms with Crippen LogP contribution < -0.4 is 0 Å². The van der Waals surface area contributed by atoms with Crippen LogP contribution in [0.3, 0.4) is 0 Å². The Balaban J connectivity index is 2.78. The summed E-state index contributed by atoms with van der Waals surface area (Å²) in [5.41, 5.74) is 0.603. The van der Waals surface area contributed by atoms with Gasteiger partial charge in [-0.3, -0.25) is 4.79 Å². The molecule has 1 heterocycles. The SMILES string of the molecule is C#CC/C(Cl)=N\n1cc(COC(C)=O)nc1C. The average Bonchev–Trinajstić information content (AvgIpc) is 2.57. The third-order valence-electron chi connectivity index (χ3n) is 1.80. The highest BCUT2D eigenvalue weighted by atomic mass is 35.5. The van der Waals surface area contributed by atoms with Crippen molar-refractivity contribution in [2.75, 3.05) is 0 Å². The van der Waals surface area contributed by atoms with E-state index in [0.717, 1.165) is 0 Å². The number of nitrogens with zero attached hydrogens (tertiary/aromatic N) is 3. The van der Waals surface area contributed by atoms with Gasteiger partial charge in [-0.05, 0) is 6.92 Å². The summed E-state index contributed by atoms with van der Waals surface area (Å²) >= 11 is 5.80. The topological polar surface area (TPSA) is 56.5 Å². The number of halogens is 1. The van der Waals surface area contributed by atoms with Crippen LogP contribution in [0.15, 0.2) is 11.3 Å². The first-order valence-electron chi connectivity index (χ1n) is 4.88. The van der Waals surface area contributed by atoms with E-state index in [2.05, 4.69) is 16.0 Å². The van der Waals surface area contributed by atoms with Gasteiger partial charge in [0.15, 0.2) is 0 Å². The van der Waals surface area contributed by atoms with Gasteiger partial charge in [-0.2, -0.15) is 5.10 Å². The largest absolute Gasteiger partial charge is 0.459 e. The Hall–Kier alpha value is -1.80. The molecule has 0 radical (unpaired) electrons. The van der Waals surface area contributed by atoms with Crippen molar-refractivity contribution in [2.45, 2.75) is 26.9 Å². The molecule has 0 saturated carbocycles. The summed E-state index contributed by atoms with van der Waals surface area (Å²) in [7, 11) is 0. The zero-order valence-corrected chi connectivity index (χ0v) is 10.4. The minimum Gasteiger partial charge on any atom is -0.459 e. The van der Waals surface area contributed by atoms with Crippen LogP contribution in [-0.2, 0) is 16.1 Å². The number of aromatic nitrogens is 2. The van der Waals surface area contributed by atoms with Gasteiger partial charge >= 0.3 is 5.97 Å². The van der Waals surface area contributed by atoms with Gasteiger partial charge < -0.3 is 4.74 Å². The second kappa shape index (κ2) is 6.06. The number of hydrogen-bond donors (Lipinski definition) is 0. The van der Waals surface area contributed by atoms with Crippen molar-refractivity contribution < 1.29 is 9.53 Å². The molecule has 90 valence electrons. The van der Waals surface area contributed by atoms with E-state index < -0.39 is 0 Å². The lowest BCUT2D eigenvalue weighted by molar-refractivity contribution is -0.142. The van der Waals surface area contributed by atoms with E-state index in [1.165, 1.54) is 11.6 Å². The molecule has 0 fully saturated rings. The number of carbonyl (C=O) groups is 1. The third-order valence-corrected chi connectivity index (χ3v) is 2.00. The molecule has 1 aromatic heterocycles. The maximum absolute atomic E-state index is 10.6. The van der Waals surface area contributed by atoms with Gasteiger partial charge in [0, 0.05) is 6.92 Å². The number of aryl methyl sites for hydroxylation is 1. The number of esters is 1.